The number of anilines is 1. The molecular weight excluding hydrogens is 316 g/mol. The second-order valence-corrected chi connectivity index (χ2v) is 5.76. The van der Waals surface area contributed by atoms with E-state index in [1.54, 1.807) is 29.4 Å². The molecule has 0 spiro atoms. The van der Waals surface area contributed by atoms with Crippen LogP contribution in [0, 0.1) is 0 Å². The Morgan fingerprint density at radius 1 is 1.20 bits per heavy atom. The number of aromatic hydroxyl groups is 1. The third kappa shape index (κ3) is 3.98. The first kappa shape index (κ1) is 16.6. The number of aromatic amines is 1. The lowest BCUT2D eigenvalue weighted by Crippen LogP contribution is -2.36. The Kier molecular flexibility index (Phi) is 4.99. The highest BCUT2D eigenvalue weighted by atomic mass is 16.3. The van der Waals surface area contributed by atoms with Gasteiger partial charge in [-0.15, -0.1) is 0 Å². The van der Waals surface area contributed by atoms with Crippen LogP contribution in [0.1, 0.15) is 24.1 Å². The van der Waals surface area contributed by atoms with Gasteiger partial charge in [-0.05, 0) is 18.6 Å². The summed E-state index contributed by atoms with van der Waals surface area (Å²) in [5.74, 6) is 0.170. The number of hydrogen-bond donors (Lipinski definition) is 3. The van der Waals surface area contributed by atoms with E-state index in [4.69, 9.17) is 0 Å². The van der Waals surface area contributed by atoms with E-state index in [1.807, 2.05) is 49.4 Å². The molecule has 1 heterocycles. The zero-order valence-corrected chi connectivity index (χ0v) is 13.9. The molecule has 1 atom stereocenters. The predicted molar refractivity (Wildman–Crippen MR) is 96.1 cm³/mol. The summed E-state index contributed by atoms with van der Waals surface area (Å²) >= 11 is 0. The highest BCUT2D eigenvalue weighted by Crippen LogP contribution is 2.26. The van der Waals surface area contributed by atoms with Gasteiger partial charge in [-0.1, -0.05) is 48.5 Å². The van der Waals surface area contributed by atoms with E-state index in [2.05, 4.69) is 15.5 Å². The summed E-state index contributed by atoms with van der Waals surface area (Å²) in [6, 6.07) is 16.4. The number of benzene rings is 2. The molecule has 0 aliphatic heterocycles. The zero-order chi connectivity index (χ0) is 17.6. The summed E-state index contributed by atoms with van der Waals surface area (Å²) in [4.78, 5) is 14.5. The summed E-state index contributed by atoms with van der Waals surface area (Å²) < 4.78 is 0. The van der Waals surface area contributed by atoms with Crippen molar-refractivity contribution in [2.75, 3.05) is 5.32 Å². The number of rotatable bonds is 5. The fourth-order valence-corrected chi connectivity index (χ4v) is 2.64. The molecule has 0 saturated heterocycles. The summed E-state index contributed by atoms with van der Waals surface area (Å²) in [6.45, 7) is 2.25. The van der Waals surface area contributed by atoms with Gasteiger partial charge in [0.2, 0.25) is 0 Å². The number of amides is 2. The third-order valence-electron chi connectivity index (χ3n) is 4.09. The topological polar surface area (TPSA) is 81.2 Å². The van der Waals surface area contributed by atoms with Crippen LogP contribution in [0.15, 0.2) is 67.0 Å². The van der Waals surface area contributed by atoms with E-state index in [9.17, 15) is 9.90 Å². The molecule has 3 rings (SSSR count). The Morgan fingerprint density at radius 2 is 1.92 bits per heavy atom. The first-order chi connectivity index (χ1) is 12.1. The van der Waals surface area contributed by atoms with Crippen LogP contribution in [0.3, 0.4) is 0 Å². The first-order valence-electron chi connectivity index (χ1n) is 8.03. The molecule has 128 valence electrons. The zero-order valence-electron chi connectivity index (χ0n) is 13.9. The summed E-state index contributed by atoms with van der Waals surface area (Å²) in [5.41, 5.74) is 2.29. The smallest absolute Gasteiger partial charge is 0.322 e. The number of aromatic nitrogens is 2. The minimum atomic E-state index is -0.263. The molecule has 6 heteroatoms. The SMILES string of the molecule is CC(c1ccccc1)N(Cc1ccccc1O)C(=O)Nc1cn[nH]c1. The van der Waals surface area contributed by atoms with Crippen LogP contribution in [-0.4, -0.2) is 26.2 Å². The highest BCUT2D eigenvalue weighted by Gasteiger charge is 2.23. The Hall–Kier alpha value is -3.28. The number of nitrogens with one attached hydrogen (secondary N) is 2. The van der Waals surface area contributed by atoms with Crippen molar-refractivity contribution < 1.29 is 9.90 Å². The standard InChI is InChI=1S/C19H20N4O2/c1-14(15-7-3-2-4-8-15)23(13-16-9-5-6-10-18(16)24)19(25)22-17-11-20-21-12-17/h2-12,14,24H,13H2,1H3,(H,20,21)(H,22,25). The minimum Gasteiger partial charge on any atom is -0.508 e. The largest absolute Gasteiger partial charge is 0.508 e. The normalized spacial score (nSPS) is 11.7. The van der Waals surface area contributed by atoms with E-state index in [1.165, 1.54) is 0 Å². The molecule has 1 unspecified atom stereocenters. The average Bonchev–Trinajstić information content (AvgIpc) is 3.14. The fourth-order valence-electron chi connectivity index (χ4n) is 2.64. The molecule has 0 bridgehead atoms. The van der Waals surface area contributed by atoms with E-state index < -0.39 is 0 Å². The fraction of sp³-hybridized carbons (Fsp3) is 0.158. The number of carbonyl (C=O) groups excluding carboxylic acids is 1. The molecule has 3 aromatic rings. The summed E-state index contributed by atoms with van der Waals surface area (Å²) in [5, 5.41) is 19.4. The summed E-state index contributed by atoms with van der Waals surface area (Å²) in [6.07, 6.45) is 3.16. The highest BCUT2D eigenvalue weighted by molar-refractivity contribution is 5.89. The number of carbonyl (C=O) groups is 1. The number of urea groups is 1. The van der Waals surface area contributed by atoms with Crippen molar-refractivity contribution in [1.82, 2.24) is 15.1 Å². The van der Waals surface area contributed by atoms with Gasteiger partial charge in [0, 0.05) is 11.8 Å². The third-order valence-corrected chi connectivity index (χ3v) is 4.09. The lowest BCUT2D eigenvalue weighted by molar-refractivity contribution is 0.188. The van der Waals surface area contributed by atoms with Gasteiger partial charge in [0.1, 0.15) is 5.75 Å². The quantitative estimate of drug-likeness (QED) is 0.661. The lowest BCUT2D eigenvalue weighted by Gasteiger charge is -2.30. The van der Waals surface area contributed by atoms with Crippen molar-refractivity contribution in [1.29, 1.82) is 0 Å². The van der Waals surface area contributed by atoms with Gasteiger partial charge in [-0.25, -0.2) is 4.79 Å². The maximum Gasteiger partial charge on any atom is 0.322 e. The second kappa shape index (κ2) is 7.53. The van der Waals surface area contributed by atoms with Crippen molar-refractivity contribution >= 4 is 11.7 Å². The van der Waals surface area contributed by atoms with Crippen molar-refractivity contribution in [3.05, 3.63) is 78.1 Å². The molecule has 3 N–H and O–H groups in total. The first-order valence-corrected chi connectivity index (χ1v) is 8.03. The second-order valence-electron chi connectivity index (χ2n) is 5.76. The van der Waals surface area contributed by atoms with Gasteiger partial charge >= 0.3 is 6.03 Å². The van der Waals surface area contributed by atoms with Gasteiger partial charge < -0.3 is 15.3 Å². The van der Waals surface area contributed by atoms with Crippen LogP contribution in [0.2, 0.25) is 0 Å². The van der Waals surface area contributed by atoms with Gasteiger partial charge in [0.05, 0.1) is 24.5 Å². The maximum absolute atomic E-state index is 12.8. The molecule has 6 nitrogen and oxygen atoms in total. The van der Waals surface area contributed by atoms with Crippen molar-refractivity contribution in [3.8, 4) is 5.75 Å². The number of phenolic OH excluding ortho intramolecular Hbond substituents is 1. The van der Waals surface area contributed by atoms with Crippen LogP contribution in [0.25, 0.3) is 0 Å². The van der Waals surface area contributed by atoms with Crippen LogP contribution < -0.4 is 5.32 Å². The van der Waals surface area contributed by atoms with Gasteiger partial charge in [-0.3, -0.25) is 5.10 Å². The van der Waals surface area contributed by atoms with Crippen LogP contribution in [0.4, 0.5) is 10.5 Å². The van der Waals surface area contributed by atoms with Crippen molar-refractivity contribution in [2.24, 2.45) is 0 Å². The molecule has 2 aromatic carbocycles. The number of phenols is 1. The molecular formula is C19H20N4O2. The number of H-pyrrole nitrogens is 1. The van der Waals surface area contributed by atoms with E-state index >= 15 is 0 Å². The van der Waals surface area contributed by atoms with Crippen molar-refractivity contribution in [2.45, 2.75) is 19.5 Å². The molecule has 0 saturated carbocycles. The number of nitrogens with zero attached hydrogens (tertiary/aromatic N) is 2. The Balaban J connectivity index is 1.87. The molecule has 2 amide bonds. The Labute approximate surface area is 146 Å². The van der Waals surface area contributed by atoms with Crippen LogP contribution >= 0.6 is 0 Å². The average molecular weight is 336 g/mol. The lowest BCUT2D eigenvalue weighted by atomic mass is 10.1. The molecule has 1 aromatic heterocycles. The van der Waals surface area contributed by atoms with E-state index in [-0.39, 0.29) is 24.4 Å². The van der Waals surface area contributed by atoms with Gasteiger partial charge in [-0.2, -0.15) is 5.10 Å². The summed E-state index contributed by atoms with van der Waals surface area (Å²) in [7, 11) is 0. The number of para-hydroxylation sites is 1. The van der Waals surface area contributed by atoms with Gasteiger partial charge in [0.25, 0.3) is 0 Å². The maximum atomic E-state index is 12.8. The van der Waals surface area contributed by atoms with Crippen LogP contribution in [0.5, 0.6) is 5.75 Å². The Bertz CT molecular complexity index is 818. The molecule has 0 aliphatic rings. The molecule has 0 aliphatic carbocycles. The molecule has 25 heavy (non-hydrogen) atoms. The minimum absolute atomic E-state index is 0.170. The Morgan fingerprint density at radius 3 is 2.60 bits per heavy atom. The molecule has 0 radical (unpaired) electrons. The van der Waals surface area contributed by atoms with E-state index in [0.717, 1.165) is 5.56 Å². The molecule has 0 fully saturated rings. The van der Waals surface area contributed by atoms with E-state index in [0.29, 0.717) is 11.3 Å². The predicted octanol–water partition coefficient (Wildman–Crippen LogP) is 3.91. The van der Waals surface area contributed by atoms with Gasteiger partial charge in [0.15, 0.2) is 0 Å². The monoisotopic (exact) mass is 336 g/mol. The van der Waals surface area contributed by atoms with Crippen LogP contribution in [-0.2, 0) is 6.54 Å². The number of hydrogen-bond acceptors (Lipinski definition) is 3. The van der Waals surface area contributed by atoms with Crippen molar-refractivity contribution in [3.63, 3.8) is 0 Å².